The van der Waals surface area contributed by atoms with E-state index in [1.807, 2.05) is 19.9 Å². The van der Waals surface area contributed by atoms with Gasteiger partial charge in [0.25, 0.3) is 5.91 Å². The molecule has 0 radical (unpaired) electrons. The van der Waals surface area contributed by atoms with E-state index in [0.29, 0.717) is 11.4 Å². The smallest absolute Gasteiger partial charge is 0.251 e. The van der Waals surface area contributed by atoms with Crippen LogP contribution >= 0.6 is 0 Å². The Balaban J connectivity index is 1.36. The number of ether oxygens (including phenoxy) is 1. The van der Waals surface area contributed by atoms with Gasteiger partial charge in [0.2, 0.25) is 5.91 Å². The first-order chi connectivity index (χ1) is 14.4. The average Bonchev–Trinajstić information content (AvgIpc) is 3.01. The molecule has 0 aliphatic carbocycles. The molecule has 2 aliphatic heterocycles. The zero-order valence-corrected chi connectivity index (χ0v) is 17.6. The Kier molecular flexibility index (Phi) is 5.67. The predicted octanol–water partition coefficient (Wildman–Crippen LogP) is 1.99. The molecule has 2 amide bonds. The number of carbonyl (C=O) groups excluding carboxylic acids is 2. The molecule has 0 saturated carbocycles. The number of aromatic nitrogens is 2. The van der Waals surface area contributed by atoms with Gasteiger partial charge < -0.3 is 15.0 Å². The lowest BCUT2D eigenvalue weighted by molar-refractivity contribution is -0.121. The fourth-order valence-electron chi connectivity index (χ4n) is 4.18. The van der Waals surface area contributed by atoms with Crippen LogP contribution in [0.3, 0.4) is 0 Å². The van der Waals surface area contributed by atoms with Crippen LogP contribution in [0.4, 0.5) is 11.5 Å². The summed E-state index contributed by atoms with van der Waals surface area (Å²) in [5.74, 6) is 2.06. The molecule has 1 atom stereocenters. The van der Waals surface area contributed by atoms with Crippen molar-refractivity contribution in [2.45, 2.75) is 45.2 Å². The first-order valence-corrected chi connectivity index (χ1v) is 10.3. The largest absolute Gasteiger partial charge is 0.497 e. The molecule has 2 fully saturated rings. The fraction of sp³-hybridized carbons (Fsp3) is 0.455. The van der Waals surface area contributed by atoms with Crippen molar-refractivity contribution >= 4 is 23.3 Å². The van der Waals surface area contributed by atoms with Gasteiger partial charge in [0.1, 0.15) is 17.4 Å². The van der Waals surface area contributed by atoms with Crippen LogP contribution in [0.5, 0.6) is 5.75 Å². The Morgan fingerprint density at radius 2 is 1.77 bits per heavy atom. The maximum absolute atomic E-state index is 12.9. The molecule has 158 valence electrons. The summed E-state index contributed by atoms with van der Waals surface area (Å²) in [6, 6.07) is 8.71. The minimum atomic E-state index is -0.473. The highest BCUT2D eigenvalue weighted by Crippen LogP contribution is 2.26. The number of aryl methyl sites for hydroxylation is 2. The van der Waals surface area contributed by atoms with E-state index in [-0.39, 0.29) is 24.3 Å². The molecule has 0 unspecified atom stereocenters. The summed E-state index contributed by atoms with van der Waals surface area (Å²) in [5, 5.41) is 3.42. The highest BCUT2D eigenvalue weighted by molar-refractivity contribution is 6.22. The Morgan fingerprint density at radius 3 is 2.40 bits per heavy atom. The molecule has 3 heterocycles. The van der Waals surface area contributed by atoms with Crippen molar-refractivity contribution in [1.82, 2.24) is 15.3 Å². The monoisotopic (exact) mass is 409 g/mol. The molecular weight excluding hydrogens is 382 g/mol. The van der Waals surface area contributed by atoms with Crippen LogP contribution in [-0.4, -0.2) is 54.1 Å². The lowest BCUT2D eigenvalue weighted by Crippen LogP contribution is -2.49. The number of methoxy groups -OCH3 is 1. The molecule has 30 heavy (non-hydrogen) atoms. The van der Waals surface area contributed by atoms with Crippen molar-refractivity contribution in [2.24, 2.45) is 0 Å². The summed E-state index contributed by atoms with van der Waals surface area (Å²) in [7, 11) is 1.58. The number of piperidine rings is 1. The van der Waals surface area contributed by atoms with Gasteiger partial charge >= 0.3 is 0 Å². The third-order valence-electron chi connectivity index (χ3n) is 5.69. The van der Waals surface area contributed by atoms with Gasteiger partial charge in [-0.3, -0.25) is 9.59 Å². The standard InChI is InChI=1S/C22H27N5O3/c1-14-12-20(24-15(2)23-14)26-10-8-16(9-11-26)25-19-13-21(28)27(22(19)29)17-4-6-18(30-3)7-5-17/h4-7,12,16,19,25H,8-11,13H2,1-3H3/t19-/m1/s1. The molecule has 0 spiro atoms. The second kappa shape index (κ2) is 8.39. The van der Waals surface area contributed by atoms with Crippen molar-refractivity contribution in [1.29, 1.82) is 0 Å². The molecule has 8 heteroatoms. The van der Waals surface area contributed by atoms with E-state index in [9.17, 15) is 9.59 Å². The molecule has 1 aromatic carbocycles. The molecule has 8 nitrogen and oxygen atoms in total. The van der Waals surface area contributed by atoms with E-state index in [2.05, 4.69) is 20.2 Å². The van der Waals surface area contributed by atoms with Gasteiger partial charge in [0, 0.05) is 30.9 Å². The minimum Gasteiger partial charge on any atom is -0.497 e. The third kappa shape index (κ3) is 4.14. The van der Waals surface area contributed by atoms with Gasteiger partial charge in [-0.15, -0.1) is 0 Å². The van der Waals surface area contributed by atoms with Crippen LogP contribution in [0.2, 0.25) is 0 Å². The SMILES string of the molecule is COc1ccc(N2C(=O)C[C@@H](NC3CCN(c4cc(C)nc(C)n4)CC3)C2=O)cc1. The number of imide groups is 1. The van der Waals surface area contributed by atoms with Crippen LogP contribution in [0.15, 0.2) is 30.3 Å². The van der Waals surface area contributed by atoms with E-state index in [1.165, 1.54) is 4.90 Å². The fourth-order valence-corrected chi connectivity index (χ4v) is 4.18. The van der Waals surface area contributed by atoms with E-state index in [1.54, 1.807) is 31.4 Å². The van der Waals surface area contributed by atoms with Crippen LogP contribution in [-0.2, 0) is 9.59 Å². The number of hydrogen-bond acceptors (Lipinski definition) is 7. The zero-order chi connectivity index (χ0) is 21.3. The first kappa shape index (κ1) is 20.3. The highest BCUT2D eigenvalue weighted by atomic mass is 16.5. The number of hydrogen-bond donors (Lipinski definition) is 1. The molecule has 2 aromatic rings. The number of benzene rings is 1. The van der Waals surface area contributed by atoms with Gasteiger partial charge in [-0.2, -0.15) is 0 Å². The lowest BCUT2D eigenvalue weighted by Gasteiger charge is -2.34. The maximum Gasteiger partial charge on any atom is 0.251 e. The van der Waals surface area contributed by atoms with Crippen molar-refractivity contribution in [3.63, 3.8) is 0 Å². The number of nitrogens with one attached hydrogen (secondary N) is 1. The first-order valence-electron chi connectivity index (χ1n) is 10.3. The van der Waals surface area contributed by atoms with E-state index < -0.39 is 6.04 Å². The number of anilines is 2. The average molecular weight is 409 g/mol. The Hall–Kier alpha value is -3.00. The van der Waals surface area contributed by atoms with Crippen LogP contribution in [0.25, 0.3) is 0 Å². The van der Waals surface area contributed by atoms with Gasteiger partial charge in [0.05, 0.1) is 25.3 Å². The van der Waals surface area contributed by atoms with Crippen molar-refractivity contribution in [2.75, 3.05) is 30.0 Å². The molecule has 2 aliphatic rings. The van der Waals surface area contributed by atoms with E-state index in [0.717, 1.165) is 43.3 Å². The lowest BCUT2D eigenvalue weighted by atomic mass is 10.0. The maximum atomic E-state index is 12.9. The van der Waals surface area contributed by atoms with Gasteiger partial charge in [-0.05, 0) is 51.0 Å². The molecule has 1 N–H and O–H groups in total. The van der Waals surface area contributed by atoms with Crippen LogP contribution < -0.4 is 19.9 Å². The van der Waals surface area contributed by atoms with Gasteiger partial charge in [0.15, 0.2) is 0 Å². The van der Waals surface area contributed by atoms with Crippen LogP contribution in [0, 0.1) is 13.8 Å². The second-order valence-electron chi connectivity index (χ2n) is 7.86. The Bertz CT molecular complexity index is 918. The van der Waals surface area contributed by atoms with Gasteiger partial charge in [-0.1, -0.05) is 0 Å². The highest BCUT2D eigenvalue weighted by Gasteiger charge is 2.40. The summed E-state index contributed by atoms with van der Waals surface area (Å²) >= 11 is 0. The van der Waals surface area contributed by atoms with Crippen LogP contribution in [0.1, 0.15) is 30.8 Å². The number of rotatable bonds is 5. The van der Waals surface area contributed by atoms with E-state index in [4.69, 9.17) is 4.74 Å². The predicted molar refractivity (Wildman–Crippen MR) is 114 cm³/mol. The van der Waals surface area contributed by atoms with Crippen molar-refractivity contribution < 1.29 is 14.3 Å². The molecular formula is C22H27N5O3. The summed E-state index contributed by atoms with van der Waals surface area (Å²) in [6.45, 7) is 5.58. The molecule has 2 saturated heterocycles. The summed E-state index contributed by atoms with van der Waals surface area (Å²) in [4.78, 5) is 37.8. The van der Waals surface area contributed by atoms with Crippen molar-refractivity contribution in [3.05, 3.63) is 41.9 Å². The number of amides is 2. The summed E-state index contributed by atoms with van der Waals surface area (Å²) in [6.07, 6.45) is 1.97. The van der Waals surface area contributed by atoms with Crippen molar-refractivity contribution in [3.8, 4) is 5.75 Å². The normalized spacial score (nSPS) is 20.2. The van der Waals surface area contributed by atoms with Gasteiger partial charge in [-0.25, -0.2) is 14.9 Å². The minimum absolute atomic E-state index is 0.174. The Morgan fingerprint density at radius 1 is 1.07 bits per heavy atom. The molecule has 0 bridgehead atoms. The molecule has 1 aromatic heterocycles. The molecule has 4 rings (SSSR count). The third-order valence-corrected chi connectivity index (χ3v) is 5.69. The summed E-state index contributed by atoms with van der Waals surface area (Å²) in [5.41, 5.74) is 1.55. The quantitative estimate of drug-likeness (QED) is 0.756. The zero-order valence-electron chi connectivity index (χ0n) is 17.6. The Labute approximate surface area is 176 Å². The number of carbonyl (C=O) groups is 2. The second-order valence-corrected chi connectivity index (χ2v) is 7.86. The summed E-state index contributed by atoms with van der Waals surface area (Å²) < 4.78 is 5.15. The number of nitrogens with zero attached hydrogens (tertiary/aromatic N) is 4. The van der Waals surface area contributed by atoms with E-state index >= 15 is 0 Å². The topological polar surface area (TPSA) is 87.7 Å².